The summed E-state index contributed by atoms with van der Waals surface area (Å²) in [5, 5.41) is 13.4. The quantitative estimate of drug-likeness (QED) is 0.912. The number of aliphatic carboxylic acids is 1. The summed E-state index contributed by atoms with van der Waals surface area (Å²) in [5.41, 5.74) is 0.462. The summed E-state index contributed by atoms with van der Waals surface area (Å²) in [7, 11) is 1.48. The molecule has 0 bridgehead atoms. The average molecular weight is 308 g/mol. The van der Waals surface area contributed by atoms with Gasteiger partial charge >= 0.3 is 12.0 Å². The molecule has 1 atom stereocenters. The fourth-order valence-electron chi connectivity index (χ4n) is 1.71. The third-order valence-corrected chi connectivity index (χ3v) is 3.80. The Balaban J connectivity index is 2.12. The summed E-state index contributed by atoms with van der Waals surface area (Å²) in [6, 6.07) is 7.00. The number of hydrogen-bond donors (Lipinski definition) is 2. The first-order valence-corrected chi connectivity index (χ1v) is 6.93. The number of amides is 2. The summed E-state index contributed by atoms with van der Waals surface area (Å²) in [5.74, 6) is -1.55. The first-order valence-electron chi connectivity index (χ1n) is 6.05. The highest BCUT2D eigenvalue weighted by molar-refractivity contribution is 7.10. The zero-order valence-corrected chi connectivity index (χ0v) is 11.9. The van der Waals surface area contributed by atoms with E-state index in [4.69, 9.17) is 0 Å². The molecule has 1 unspecified atom stereocenters. The van der Waals surface area contributed by atoms with Crippen LogP contribution < -0.4 is 10.2 Å². The predicted octanol–water partition coefficient (Wildman–Crippen LogP) is 2.86. The standard InChI is InChI=1S/C14H13FN2O3S/c1-17(10-6-4-9(15)5-7-10)14(20)16-12(13(18)19)11-3-2-8-21-11/h2-8,12H,1H3,(H,16,20)(H,18,19). The van der Waals surface area contributed by atoms with Crippen LogP contribution in [0.15, 0.2) is 41.8 Å². The lowest BCUT2D eigenvalue weighted by Crippen LogP contribution is -2.41. The number of anilines is 1. The molecule has 0 fully saturated rings. The number of carbonyl (C=O) groups is 2. The molecule has 21 heavy (non-hydrogen) atoms. The van der Waals surface area contributed by atoms with Crippen LogP contribution in [-0.4, -0.2) is 24.2 Å². The highest BCUT2D eigenvalue weighted by Gasteiger charge is 2.24. The van der Waals surface area contributed by atoms with Crippen molar-refractivity contribution in [2.24, 2.45) is 0 Å². The van der Waals surface area contributed by atoms with Crippen LogP contribution in [0.5, 0.6) is 0 Å². The molecule has 0 aliphatic carbocycles. The smallest absolute Gasteiger partial charge is 0.331 e. The van der Waals surface area contributed by atoms with Crippen LogP contribution in [0.3, 0.4) is 0 Å². The molecule has 2 rings (SSSR count). The molecule has 5 nitrogen and oxygen atoms in total. The Morgan fingerprint density at radius 3 is 2.48 bits per heavy atom. The van der Waals surface area contributed by atoms with Crippen molar-refractivity contribution in [3.8, 4) is 0 Å². The highest BCUT2D eigenvalue weighted by Crippen LogP contribution is 2.20. The first kappa shape index (κ1) is 15.0. The van der Waals surface area contributed by atoms with Crippen molar-refractivity contribution in [3.05, 3.63) is 52.5 Å². The normalized spacial score (nSPS) is 11.7. The predicted molar refractivity (Wildman–Crippen MR) is 78.0 cm³/mol. The maximum absolute atomic E-state index is 12.9. The minimum atomic E-state index is -1.14. The summed E-state index contributed by atoms with van der Waals surface area (Å²) < 4.78 is 12.9. The van der Waals surface area contributed by atoms with E-state index in [-0.39, 0.29) is 0 Å². The molecule has 0 saturated heterocycles. The molecule has 0 aliphatic rings. The molecule has 110 valence electrons. The van der Waals surface area contributed by atoms with E-state index in [9.17, 15) is 19.1 Å². The summed E-state index contributed by atoms with van der Waals surface area (Å²) in [6.45, 7) is 0. The Bertz CT molecular complexity index is 628. The molecule has 1 heterocycles. The van der Waals surface area contributed by atoms with Gasteiger partial charge in [-0.05, 0) is 35.7 Å². The third kappa shape index (κ3) is 3.57. The summed E-state index contributed by atoms with van der Waals surface area (Å²) in [6.07, 6.45) is 0. The van der Waals surface area contributed by atoms with Gasteiger partial charge in [0.05, 0.1) is 0 Å². The number of rotatable bonds is 4. The molecule has 2 aromatic rings. The number of halogens is 1. The number of thiophene rings is 1. The second-order valence-electron chi connectivity index (χ2n) is 4.27. The van der Waals surface area contributed by atoms with Crippen LogP contribution >= 0.6 is 11.3 Å². The zero-order chi connectivity index (χ0) is 15.4. The first-order chi connectivity index (χ1) is 9.99. The third-order valence-electron chi connectivity index (χ3n) is 2.86. The van der Waals surface area contributed by atoms with Crippen LogP contribution in [0.2, 0.25) is 0 Å². The average Bonchev–Trinajstić information content (AvgIpc) is 2.98. The van der Waals surface area contributed by atoms with Crippen molar-refractivity contribution in [1.82, 2.24) is 5.32 Å². The van der Waals surface area contributed by atoms with Gasteiger partial charge in [-0.2, -0.15) is 0 Å². The van der Waals surface area contributed by atoms with Gasteiger partial charge in [0, 0.05) is 17.6 Å². The molecule has 7 heteroatoms. The van der Waals surface area contributed by atoms with E-state index in [1.807, 2.05) is 0 Å². The van der Waals surface area contributed by atoms with Gasteiger partial charge in [0.1, 0.15) is 5.82 Å². The van der Waals surface area contributed by atoms with Crippen molar-refractivity contribution >= 4 is 29.0 Å². The minimum absolute atomic E-state index is 0.408. The fourth-order valence-corrected chi connectivity index (χ4v) is 2.48. The Labute approximate surface area is 124 Å². The highest BCUT2D eigenvalue weighted by atomic mass is 32.1. The SMILES string of the molecule is CN(C(=O)NC(C(=O)O)c1cccs1)c1ccc(F)cc1. The van der Waals surface area contributed by atoms with E-state index < -0.39 is 23.9 Å². The molecule has 0 spiro atoms. The maximum atomic E-state index is 12.9. The van der Waals surface area contributed by atoms with Gasteiger partial charge in [-0.25, -0.2) is 14.0 Å². The van der Waals surface area contributed by atoms with Gasteiger partial charge in [0.15, 0.2) is 6.04 Å². The van der Waals surface area contributed by atoms with E-state index in [0.717, 1.165) is 0 Å². The number of nitrogens with zero attached hydrogens (tertiary/aromatic N) is 1. The van der Waals surface area contributed by atoms with Gasteiger partial charge < -0.3 is 10.4 Å². The maximum Gasteiger partial charge on any atom is 0.331 e. The molecule has 0 saturated carbocycles. The number of carboxylic acid groups (broad SMARTS) is 1. The number of urea groups is 1. The lowest BCUT2D eigenvalue weighted by Gasteiger charge is -2.21. The Morgan fingerprint density at radius 1 is 1.29 bits per heavy atom. The van der Waals surface area contributed by atoms with Crippen LogP contribution in [0.25, 0.3) is 0 Å². The lowest BCUT2D eigenvalue weighted by molar-refractivity contribution is -0.139. The molecule has 0 aliphatic heterocycles. The molecule has 2 N–H and O–H groups in total. The summed E-state index contributed by atoms with van der Waals surface area (Å²) in [4.78, 5) is 25.1. The van der Waals surface area contributed by atoms with Gasteiger partial charge in [-0.15, -0.1) is 11.3 Å². The Morgan fingerprint density at radius 2 is 1.95 bits per heavy atom. The van der Waals surface area contributed by atoms with E-state index in [2.05, 4.69) is 5.32 Å². The number of hydrogen-bond acceptors (Lipinski definition) is 3. The number of nitrogens with one attached hydrogen (secondary N) is 1. The minimum Gasteiger partial charge on any atom is -0.479 e. The summed E-state index contributed by atoms with van der Waals surface area (Å²) >= 11 is 1.25. The van der Waals surface area contributed by atoms with Gasteiger partial charge in [0.2, 0.25) is 0 Å². The van der Waals surface area contributed by atoms with Crippen LogP contribution in [0, 0.1) is 5.82 Å². The van der Waals surface area contributed by atoms with Crippen LogP contribution in [0.4, 0.5) is 14.9 Å². The van der Waals surface area contributed by atoms with Crippen molar-refractivity contribution in [2.75, 3.05) is 11.9 Å². The van der Waals surface area contributed by atoms with Crippen LogP contribution in [0.1, 0.15) is 10.9 Å². The van der Waals surface area contributed by atoms with Crippen molar-refractivity contribution in [1.29, 1.82) is 0 Å². The zero-order valence-electron chi connectivity index (χ0n) is 11.1. The van der Waals surface area contributed by atoms with E-state index >= 15 is 0 Å². The van der Waals surface area contributed by atoms with Crippen molar-refractivity contribution < 1.29 is 19.1 Å². The van der Waals surface area contributed by atoms with E-state index in [1.54, 1.807) is 17.5 Å². The number of carboxylic acids is 1. The molecular weight excluding hydrogens is 295 g/mol. The van der Waals surface area contributed by atoms with E-state index in [1.165, 1.54) is 47.5 Å². The molecule has 0 radical (unpaired) electrons. The van der Waals surface area contributed by atoms with Crippen molar-refractivity contribution in [2.45, 2.75) is 6.04 Å². The second kappa shape index (κ2) is 6.36. The second-order valence-corrected chi connectivity index (χ2v) is 5.25. The fraction of sp³-hybridized carbons (Fsp3) is 0.143. The molecule has 1 aromatic carbocycles. The van der Waals surface area contributed by atoms with Gasteiger partial charge in [-0.3, -0.25) is 4.90 Å². The molecular formula is C14H13FN2O3S. The lowest BCUT2D eigenvalue weighted by atomic mass is 10.2. The van der Waals surface area contributed by atoms with Crippen LogP contribution in [-0.2, 0) is 4.79 Å². The van der Waals surface area contributed by atoms with Gasteiger partial charge in [-0.1, -0.05) is 6.07 Å². The van der Waals surface area contributed by atoms with Gasteiger partial charge in [0.25, 0.3) is 0 Å². The topological polar surface area (TPSA) is 69.6 Å². The van der Waals surface area contributed by atoms with Crippen molar-refractivity contribution in [3.63, 3.8) is 0 Å². The number of benzene rings is 1. The number of carbonyl (C=O) groups excluding carboxylic acids is 1. The molecule has 2 amide bonds. The van der Waals surface area contributed by atoms with E-state index in [0.29, 0.717) is 10.6 Å². The Hall–Kier alpha value is -2.41. The Kier molecular flexibility index (Phi) is 4.54. The monoisotopic (exact) mass is 308 g/mol. The largest absolute Gasteiger partial charge is 0.479 e. The molecule has 1 aromatic heterocycles.